The SMILES string of the molecule is CNC[C@@]1(c2ccccc2)CC1(C)C. The first kappa shape index (κ1) is 9.72. The summed E-state index contributed by atoms with van der Waals surface area (Å²) < 4.78 is 0. The Morgan fingerprint density at radius 2 is 1.79 bits per heavy atom. The molecule has 0 saturated heterocycles. The zero-order valence-corrected chi connectivity index (χ0v) is 9.30. The molecule has 76 valence electrons. The Labute approximate surface area is 86.5 Å². The van der Waals surface area contributed by atoms with Gasteiger partial charge in [-0.2, -0.15) is 0 Å². The van der Waals surface area contributed by atoms with Crippen LogP contribution in [0.4, 0.5) is 0 Å². The fourth-order valence-electron chi connectivity index (χ4n) is 2.67. The number of benzene rings is 1. The molecule has 0 aromatic heterocycles. The number of hydrogen-bond acceptors (Lipinski definition) is 1. The van der Waals surface area contributed by atoms with E-state index in [1.807, 2.05) is 7.05 Å². The smallest absolute Gasteiger partial charge is 0.0134 e. The van der Waals surface area contributed by atoms with Crippen molar-refractivity contribution in [1.82, 2.24) is 5.32 Å². The van der Waals surface area contributed by atoms with Gasteiger partial charge in [0.1, 0.15) is 0 Å². The van der Waals surface area contributed by atoms with Gasteiger partial charge in [-0.1, -0.05) is 44.2 Å². The number of rotatable bonds is 3. The van der Waals surface area contributed by atoms with E-state index in [-0.39, 0.29) is 0 Å². The lowest BCUT2D eigenvalue weighted by Crippen LogP contribution is -2.27. The maximum absolute atomic E-state index is 3.32. The Morgan fingerprint density at radius 3 is 2.21 bits per heavy atom. The molecular weight excluding hydrogens is 170 g/mol. The van der Waals surface area contributed by atoms with Gasteiger partial charge in [-0.25, -0.2) is 0 Å². The first-order valence-electron chi connectivity index (χ1n) is 5.32. The molecule has 14 heavy (non-hydrogen) atoms. The molecule has 0 radical (unpaired) electrons. The van der Waals surface area contributed by atoms with E-state index < -0.39 is 0 Å². The van der Waals surface area contributed by atoms with Gasteiger partial charge in [0, 0.05) is 12.0 Å². The molecule has 1 heteroatoms. The molecule has 1 aliphatic carbocycles. The maximum atomic E-state index is 3.32. The van der Waals surface area contributed by atoms with E-state index in [0.717, 1.165) is 6.54 Å². The number of likely N-dealkylation sites (N-methyl/N-ethyl adjacent to an activating group) is 1. The molecule has 1 nitrogen and oxygen atoms in total. The van der Waals surface area contributed by atoms with Crippen LogP contribution in [0, 0.1) is 5.41 Å². The standard InChI is InChI=1S/C13H19N/c1-12(2)9-13(12,10-14-3)11-7-5-4-6-8-11/h4-8,14H,9-10H2,1-3H3/t13-/m1/s1. The molecule has 0 aliphatic heterocycles. The minimum atomic E-state index is 0.378. The molecule has 0 spiro atoms. The van der Waals surface area contributed by atoms with Crippen LogP contribution in [-0.2, 0) is 5.41 Å². The Balaban J connectivity index is 2.31. The summed E-state index contributed by atoms with van der Waals surface area (Å²) in [5, 5.41) is 3.32. The average molecular weight is 189 g/mol. The van der Waals surface area contributed by atoms with E-state index in [2.05, 4.69) is 49.5 Å². The summed E-state index contributed by atoms with van der Waals surface area (Å²) in [6.45, 7) is 5.80. The first-order chi connectivity index (χ1) is 6.62. The van der Waals surface area contributed by atoms with Crippen LogP contribution in [0.25, 0.3) is 0 Å². The molecule has 0 amide bonds. The minimum Gasteiger partial charge on any atom is -0.319 e. The van der Waals surface area contributed by atoms with Crippen molar-refractivity contribution in [1.29, 1.82) is 0 Å². The quantitative estimate of drug-likeness (QED) is 0.770. The van der Waals surface area contributed by atoms with Crippen molar-refractivity contribution in [2.45, 2.75) is 25.7 Å². The summed E-state index contributed by atoms with van der Waals surface area (Å²) >= 11 is 0. The molecule has 1 N–H and O–H groups in total. The second-order valence-corrected chi connectivity index (χ2v) is 5.04. The molecule has 1 fully saturated rings. The molecule has 1 saturated carbocycles. The third-order valence-electron chi connectivity index (χ3n) is 3.72. The highest BCUT2D eigenvalue weighted by Gasteiger charge is 2.61. The van der Waals surface area contributed by atoms with Crippen molar-refractivity contribution in [2.24, 2.45) is 5.41 Å². The Morgan fingerprint density at radius 1 is 1.21 bits per heavy atom. The van der Waals surface area contributed by atoms with E-state index in [4.69, 9.17) is 0 Å². The van der Waals surface area contributed by atoms with Crippen molar-refractivity contribution in [2.75, 3.05) is 13.6 Å². The van der Waals surface area contributed by atoms with Gasteiger partial charge in [0.15, 0.2) is 0 Å². The highest BCUT2D eigenvalue weighted by atomic mass is 14.9. The largest absolute Gasteiger partial charge is 0.319 e. The van der Waals surface area contributed by atoms with Crippen LogP contribution in [0.5, 0.6) is 0 Å². The second-order valence-electron chi connectivity index (χ2n) is 5.04. The third-order valence-corrected chi connectivity index (χ3v) is 3.72. The van der Waals surface area contributed by atoms with E-state index in [9.17, 15) is 0 Å². The summed E-state index contributed by atoms with van der Waals surface area (Å²) in [6, 6.07) is 10.9. The fraction of sp³-hybridized carbons (Fsp3) is 0.538. The molecule has 0 heterocycles. The van der Waals surface area contributed by atoms with Gasteiger partial charge in [-0.15, -0.1) is 0 Å². The van der Waals surface area contributed by atoms with Crippen LogP contribution in [0.1, 0.15) is 25.8 Å². The Bertz CT molecular complexity index is 315. The summed E-state index contributed by atoms with van der Waals surface area (Å²) in [5.74, 6) is 0. The highest BCUT2D eigenvalue weighted by molar-refractivity contribution is 5.37. The van der Waals surface area contributed by atoms with Gasteiger partial charge in [-0.05, 0) is 24.4 Å². The van der Waals surface area contributed by atoms with Gasteiger partial charge in [0.2, 0.25) is 0 Å². The van der Waals surface area contributed by atoms with E-state index in [1.54, 1.807) is 0 Å². The normalized spacial score (nSPS) is 28.8. The maximum Gasteiger partial charge on any atom is 0.0134 e. The summed E-state index contributed by atoms with van der Waals surface area (Å²) in [7, 11) is 2.04. The monoisotopic (exact) mass is 189 g/mol. The van der Waals surface area contributed by atoms with Crippen molar-refractivity contribution in [3.05, 3.63) is 35.9 Å². The van der Waals surface area contributed by atoms with E-state index in [0.29, 0.717) is 10.8 Å². The lowest BCUT2D eigenvalue weighted by atomic mass is 9.88. The zero-order valence-electron chi connectivity index (χ0n) is 9.30. The van der Waals surface area contributed by atoms with Gasteiger partial charge >= 0.3 is 0 Å². The summed E-state index contributed by atoms with van der Waals surface area (Å²) in [4.78, 5) is 0. The molecule has 2 rings (SSSR count). The molecule has 1 aromatic carbocycles. The Kier molecular flexibility index (Phi) is 2.15. The topological polar surface area (TPSA) is 12.0 Å². The van der Waals surface area contributed by atoms with Crippen LogP contribution in [-0.4, -0.2) is 13.6 Å². The lowest BCUT2D eigenvalue weighted by molar-refractivity contribution is 0.476. The highest BCUT2D eigenvalue weighted by Crippen LogP contribution is 2.63. The zero-order chi connectivity index (χ0) is 10.2. The van der Waals surface area contributed by atoms with Gasteiger partial charge in [-0.3, -0.25) is 0 Å². The van der Waals surface area contributed by atoms with Gasteiger partial charge in [0.05, 0.1) is 0 Å². The molecule has 0 bridgehead atoms. The van der Waals surface area contributed by atoms with Crippen LogP contribution < -0.4 is 5.32 Å². The molecule has 1 atom stereocenters. The minimum absolute atomic E-state index is 0.378. The van der Waals surface area contributed by atoms with Crippen molar-refractivity contribution in [3.63, 3.8) is 0 Å². The van der Waals surface area contributed by atoms with Crippen LogP contribution >= 0.6 is 0 Å². The van der Waals surface area contributed by atoms with E-state index in [1.165, 1.54) is 12.0 Å². The van der Waals surface area contributed by atoms with Crippen molar-refractivity contribution < 1.29 is 0 Å². The molecule has 0 unspecified atom stereocenters. The average Bonchev–Trinajstić information content (AvgIpc) is 2.72. The van der Waals surface area contributed by atoms with Crippen molar-refractivity contribution in [3.8, 4) is 0 Å². The Hall–Kier alpha value is -0.820. The van der Waals surface area contributed by atoms with Crippen LogP contribution in [0.3, 0.4) is 0 Å². The third kappa shape index (κ3) is 1.27. The first-order valence-corrected chi connectivity index (χ1v) is 5.32. The van der Waals surface area contributed by atoms with Crippen LogP contribution in [0.2, 0.25) is 0 Å². The number of hydrogen-bond donors (Lipinski definition) is 1. The fourth-order valence-corrected chi connectivity index (χ4v) is 2.67. The van der Waals surface area contributed by atoms with Crippen LogP contribution in [0.15, 0.2) is 30.3 Å². The summed E-state index contributed by atoms with van der Waals surface area (Å²) in [5.41, 5.74) is 2.32. The molecule has 1 aliphatic rings. The van der Waals surface area contributed by atoms with E-state index >= 15 is 0 Å². The number of nitrogens with one attached hydrogen (secondary N) is 1. The van der Waals surface area contributed by atoms with Gasteiger partial charge < -0.3 is 5.32 Å². The molecular formula is C13H19N. The van der Waals surface area contributed by atoms with Gasteiger partial charge in [0.25, 0.3) is 0 Å². The predicted octanol–water partition coefficient (Wildman–Crippen LogP) is 2.57. The van der Waals surface area contributed by atoms with Crippen molar-refractivity contribution >= 4 is 0 Å². The summed E-state index contributed by atoms with van der Waals surface area (Å²) in [6.07, 6.45) is 1.30. The predicted molar refractivity (Wildman–Crippen MR) is 60.4 cm³/mol. The second kappa shape index (κ2) is 3.09. The lowest BCUT2D eigenvalue weighted by Gasteiger charge is -2.20. The molecule has 1 aromatic rings.